The first-order chi connectivity index (χ1) is 6.31. The van der Waals surface area contributed by atoms with Crippen molar-refractivity contribution in [2.24, 2.45) is 0 Å². The molecule has 3 fully saturated rings. The van der Waals surface area contributed by atoms with Gasteiger partial charge in [0.1, 0.15) is 0 Å². The summed E-state index contributed by atoms with van der Waals surface area (Å²) in [6, 6.07) is 1.14. The van der Waals surface area contributed by atoms with Crippen LogP contribution in [0.5, 0.6) is 0 Å². The lowest BCUT2D eigenvalue weighted by atomic mass is 9.96. The van der Waals surface area contributed by atoms with E-state index in [4.69, 9.17) is 0 Å². The molecule has 3 unspecified atom stereocenters. The fraction of sp³-hybridized carbons (Fsp3) is 1.00. The van der Waals surface area contributed by atoms with Crippen molar-refractivity contribution in [3.05, 3.63) is 0 Å². The standard InChI is InChI=1S/C9H18N2OS/c1-2-5-13(12)11-7-8-3-4-9(11)6-10-8/h8-10H,2-7H2,1H3. The van der Waals surface area contributed by atoms with Gasteiger partial charge in [0.15, 0.2) is 0 Å². The van der Waals surface area contributed by atoms with Crippen molar-refractivity contribution in [3.63, 3.8) is 0 Å². The molecule has 0 aromatic carbocycles. The second-order valence-electron chi connectivity index (χ2n) is 3.96. The van der Waals surface area contributed by atoms with Gasteiger partial charge in [-0.3, -0.25) is 0 Å². The maximum atomic E-state index is 11.8. The predicted octanol–water partition coefficient (Wildman–Crippen LogP) is 0.496. The quantitative estimate of drug-likeness (QED) is 0.722. The van der Waals surface area contributed by atoms with E-state index in [1.54, 1.807) is 0 Å². The first kappa shape index (κ1) is 9.62. The normalized spacial score (nSPS) is 36.4. The van der Waals surface area contributed by atoms with Crippen molar-refractivity contribution >= 4 is 11.0 Å². The Morgan fingerprint density at radius 3 is 2.85 bits per heavy atom. The molecule has 3 aliphatic heterocycles. The highest BCUT2D eigenvalue weighted by molar-refractivity contribution is 7.82. The second kappa shape index (κ2) is 4.07. The average Bonchev–Trinajstić information content (AvgIpc) is 2.20. The Hall–Kier alpha value is 0.0700. The van der Waals surface area contributed by atoms with Crippen LogP contribution in [-0.2, 0) is 11.0 Å². The fourth-order valence-corrected chi connectivity index (χ4v) is 3.65. The van der Waals surface area contributed by atoms with Crippen LogP contribution in [0.25, 0.3) is 0 Å². The Kier molecular flexibility index (Phi) is 3.01. The lowest BCUT2D eigenvalue weighted by Gasteiger charge is -2.44. The lowest BCUT2D eigenvalue weighted by Crippen LogP contribution is -2.61. The van der Waals surface area contributed by atoms with Gasteiger partial charge < -0.3 is 5.32 Å². The van der Waals surface area contributed by atoms with Crippen LogP contribution in [0.15, 0.2) is 0 Å². The molecule has 0 spiro atoms. The molecule has 4 heteroatoms. The van der Waals surface area contributed by atoms with E-state index in [0.717, 1.165) is 25.3 Å². The minimum Gasteiger partial charge on any atom is -0.311 e. The fourth-order valence-electron chi connectivity index (χ4n) is 2.21. The molecule has 3 saturated heterocycles. The van der Waals surface area contributed by atoms with Gasteiger partial charge in [-0.05, 0) is 19.3 Å². The van der Waals surface area contributed by atoms with Crippen LogP contribution in [0.3, 0.4) is 0 Å². The summed E-state index contributed by atoms with van der Waals surface area (Å²) in [5.74, 6) is 0.837. The van der Waals surface area contributed by atoms with E-state index in [0.29, 0.717) is 12.1 Å². The van der Waals surface area contributed by atoms with Crippen LogP contribution in [0, 0.1) is 0 Å². The van der Waals surface area contributed by atoms with Crippen LogP contribution in [0.4, 0.5) is 0 Å². The van der Waals surface area contributed by atoms with Crippen LogP contribution in [-0.4, -0.2) is 39.4 Å². The van der Waals surface area contributed by atoms with E-state index < -0.39 is 11.0 Å². The van der Waals surface area contributed by atoms with E-state index in [9.17, 15) is 4.21 Å². The minimum atomic E-state index is -0.713. The highest BCUT2D eigenvalue weighted by atomic mass is 32.2. The SMILES string of the molecule is CCCS(=O)N1CC2CCC1CN2. The number of fused-ring (bicyclic) bond motifs is 3. The summed E-state index contributed by atoms with van der Waals surface area (Å²) in [5, 5.41) is 3.47. The van der Waals surface area contributed by atoms with Crippen LogP contribution in [0.2, 0.25) is 0 Å². The molecular formula is C9H18N2OS. The molecule has 0 aromatic heterocycles. The second-order valence-corrected chi connectivity index (χ2v) is 5.48. The van der Waals surface area contributed by atoms with Gasteiger partial charge in [-0.25, -0.2) is 8.51 Å². The van der Waals surface area contributed by atoms with E-state index >= 15 is 0 Å². The molecule has 3 rings (SSSR count). The Labute approximate surface area is 82.5 Å². The molecule has 0 amide bonds. The zero-order valence-corrected chi connectivity index (χ0v) is 8.98. The lowest BCUT2D eigenvalue weighted by molar-refractivity contribution is 0.158. The van der Waals surface area contributed by atoms with Crippen LogP contribution >= 0.6 is 0 Å². The molecular weight excluding hydrogens is 184 g/mol. The summed E-state index contributed by atoms with van der Waals surface area (Å²) in [4.78, 5) is 0. The van der Waals surface area contributed by atoms with Crippen LogP contribution in [0.1, 0.15) is 26.2 Å². The Morgan fingerprint density at radius 1 is 1.54 bits per heavy atom. The molecule has 1 N–H and O–H groups in total. The Morgan fingerprint density at radius 2 is 2.38 bits per heavy atom. The summed E-state index contributed by atoms with van der Waals surface area (Å²) in [7, 11) is -0.713. The molecule has 3 heterocycles. The molecule has 0 saturated carbocycles. The maximum absolute atomic E-state index is 11.8. The molecule has 13 heavy (non-hydrogen) atoms. The predicted molar refractivity (Wildman–Crippen MR) is 54.8 cm³/mol. The van der Waals surface area contributed by atoms with Gasteiger partial charge in [0.2, 0.25) is 0 Å². The highest BCUT2D eigenvalue weighted by Crippen LogP contribution is 2.23. The third kappa shape index (κ3) is 1.95. The third-order valence-corrected chi connectivity index (χ3v) is 4.67. The van der Waals surface area contributed by atoms with Crippen molar-refractivity contribution in [3.8, 4) is 0 Å². The van der Waals surface area contributed by atoms with Crippen LogP contribution < -0.4 is 5.32 Å². The maximum Gasteiger partial charge on any atom is 0.0946 e. The summed E-state index contributed by atoms with van der Waals surface area (Å²) < 4.78 is 14.0. The molecule has 3 aliphatic rings. The highest BCUT2D eigenvalue weighted by Gasteiger charge is 2.35. The number of hydrogen-bond donors (Lipinski definition) is 1. The van der Waals surface area contributed by atoms with Crippen molar-refractivity contribution in [1.29, 1.82) is 0 Å². The molecule has 3 nitrogen and oxygen atoms in total. The summed E-state index contributed by atoms with van der Waals surface area (Å²) in [6.45, 7) is 4.13. The monoisotopic (exact) mass is 202 g/mol. The zero-order chi connectivity index (χ0) is 9.26. The number of hydrogen-bond acceptors (Lipinski definition) is 2. The van der Waals surface area contributed by atoms with Crippen molar-refractivity contribution < 1.29 is 4.21 Å². The van der Waals surface area contributed by atoms with E-state index in [2.05, 4.69) is 16.5 Å². The Bertz CT molecular complexity index is 202. The van der Waals surface area contributed by atoms with Gasteiger partial charge in [-0.1, -0.05) is 6.92 Å². The van der Waals surface area contributed by atoms with E-state index in [-0.39, 0.29) is 0 Å². The molecule has 0 aliphatic carbocycles. The summed E-state index contributed by atoms with van der Waals surface area (Å²) in [6.07, 6.45) is 3.52. The largest absolute Gasteiger partial charge is 0.311 e. The van der Waals surface area contributed by atoms with E-state index in [1.165, 1.54) is 12.8 Å². The van der Waals surface area contributed by atoms with Crippen molar-refractivity contribution in [1.82, 2.24) is 9.62 Å². The molecule has 76 valence electrons. The number of nitrogens with one attached hydrogen (secondary N) is 1. The smallest absolute Gasteiger partial charge is 0.0946 e. The van der Waals surface area contributed by atoms with Gasteiger partial charge >= 0.3 is 0 Å². The minimum absolute atomic E-state index is 0.539. The summed E-state index contributed by atoms with van der Waals surface area (Å²) >= 11 is 0. The summed E-state index contributed by atoms with van der Waals surface area (Å²) in [5.41, 5.74) is 0. The molecule has 0 aromatic rings. The zero-order valence-electron chi connectivity index (χ0n) is 8.16. The van der Waals surface area contributed by atoms with Gasteiger partial charge in [0.05, 0.1) is 11.0 Å². The van der Waals surface area contributed by atoms with Gasteiger partial charge in [0.25, 0.3) is 0 Å². The first-order valence-corrected chi connectivity index (χ1v) is 6.47. The molecule has 2 bridgehead atoms. The van der Waals surface area contributed by atoms with Crippen molar-refractivity contribution in [2.75, 3.05) is 18.8 Å². The number of piperazine rings is 1. The third-order valence-electron chi connectivity index (χ3n) is 2.94. The van der Waals surface area contributed by atoms with Gasteiger partial charge in [-0.2, -0.15) is 0 Å². The first-order valence-electron chi connectivity index (χ1n) is 5.19. The Balaban J connectivity index is 1.96. The number of rotatable bonds is 3. The van der Waals surface area contributed by atoms with E-state index in [1.807, 2.05) is 0 Å². The van der Waals surface area contributed by atoms with Gasteiger partial charge in [-0.15, -0.1) is 0 Å². The van der Waals surface area contributed by atoms with Crippen molar-refractivity contribution in [2.45, 2.75) is 38.3 Å². The molecule has 3 atom stereocenters. The number of nitrogens with zero attached hydrogens (tertiary/aromatic N) is 1. The number of piperidine rings is 2. The van der Waals surface area contributed by atoms with Gasteiger partial charge in [0, 0.05) is 30.9 Å². The topological polar surface area (TPSA) is 32.3 Å². The average molecular weight is 202 g/mol. The molecule has 0 radical (unpaired) electrons.